The lowest BCUT2D eigenvalue weighted by Crippen LogP contribution is -2.30. The summed E-state index contributed by atoms with van der Waals surface area (Å²) in [6.45, 7) is 4.38. The number of aryl methyl sites for hydroxylation is 2. The first kappa shape index (κ1) is 20.8. The third kappa shape index (κ3) is 3.84. The Balaban J connectivity index is 1.84. The maximum atomic E-state index is 13.3. The highest BCUT2D eigenvalue weighted by molar-refractivity contribution is 6.05. The van der Waals surface area contributed by atoms with E-state index in [0.717, 1.165) is 21.9 Å². The maximum Gasteiger partial charge on any atom is 0.340 e. The van der Waals surface area contributed by atoms with Crippen LogP contribution in [0, 0.1) is 19.7 Å². The molecule has 4 rings (SSSR count). The van der Waals surface area contributed by atoms with E-state index in [0.29, 0.717) is 41.0 Å². The first-order chi connectivity index (χ1) is 14.9. The average molecular weight is 423 g/mol. The largest absolute Gasteiger partial charge is 0.463 e. The van der Waals surface area contributed by atoms with E-state index in [1.807, 2.05) is 13.0 Å². The normalized spacial score (nSPS) is 11.4. The van der Waals surface area contributed by atoms with Crippen molar-refractivity contribution in [2.75, 3.05) is 20.3 Å². The van der Waals surface area contributed by atoms with Gasteiger partial charge in [0.05, 0.1) is 24.9 Å². The lowest BCUT2D eigenvalue weighted by molar-refractivity contribution is -0.120. The van der Waals surface area contributed by atoms with Gasteiger partial charge < -0.3 is 18.9 Å². The van der Waals surface area contributed by atoms with E-state index < -0.39 is 5.63 Å². The molecule has 0 radical (unpaired) electrons. The number of benzene rings is 2. The Hall–Kier alpha value is -3.45. The van der Waals surface area contributed by atoms with Gasteiger partial charge in [-0.25, -0.2) is 9.18 Å². The van der Waals surface area contributed by atoms with Crippen LogP contribution in [-0.4, -0.2) is 26.2 Å². The van der Waals surface area contributed by atoms with E-state index in [4.69, 9.17) is 13.6 Å². The van der Waals surface area contributed by atoms with Crippen LogP contribution in [0.2, 0.25) is 0 Å². The first-order valence-corrected chi connectivity index (χ1v) is 9.89. The second-order valence-corrected chi connectivity index (χ2v) is 7.42. The SMILES string of the molecule is COCCNC(=O)Cc1c(C)c2cc3c(-c4ccc(F)cc4)coc3c(C)c2oc1=O. The number of hydrogen-bond donors (Lipinski definition) is 1. The van der Waals surface area contributed by atoms with Crippen molar-refractivity contribution in [1.29, 1.82) is 0 Å². The molecule has 2 aromatic heterocycles. The van der Waals surface area contributed by atoms with Crippen molar-refractivity contribution in [2.45, 2.75) is 20.3 Å². The zero-order valence-corrected chi connectivity index (χ0v) is 17.5. The Bertz CT molecular complexity index is 1330. The summed E-state index contributed by atoms with van der Waals surface area (Å²) in [5.41, 5.74) is 3.79. The molecule has 31 heavy (non-hydrogen) atoms. The van der Waals surface area contributed by atoms with Gasteiger partial charge in [0, 0.05) is 35.6 Å². The topological polar surface area (TPSA) is 81.7 Å². The summed E-state index contributed by atoms with van der Waals surface area (Å²) in [6.07, 6.45) is 1.53. The molecular formula is C24H22FNO5. The van der Waals surface area contributed by atoms with Crippen molar-refractivity contribution in [2.24, 2.45) is 0 Å². The maximum absolute atomic E-state index is 13.3. The van der Waals surface area contributed by atoms with Crippen molar-refractivity contribution >= 4 is 27.8 Å². The second kappa shape index (κ2) is 8.35. The third-order valence-corrected chi connectivity index (χ3v) is 5.46. The Morgan fingerprint density at radius 1 is 1.10 bits per heavy atom. The quantitative estimate of drug-likeness (QED) is 0.370. The predicted molar refractivity (Wildman–Crippen MR) is 116 cm³/mol. The highest BCUT2D eigenvalue weighted by Crippen LogP contribution is 2.37. The van der Waals surface area contributed by atoms with Crippen molar-refractivity contribution in [1.82, 2.24) is 5.32 Å². The molecule has 0 aliphatic carbocycles. The monoisotopic (exact) mass is 423 g/mol. The molecule has 6 nitrogen and oxygen atoms in total. The van der Waals surface area contributed by atoms with Gasteiger partial charge in [0.2, 0.25) is 5.91 Å². The number of carbonyl (C=O) groups excluding carboxylic acids is 1. The smallest absolute Gasteiger partial charge is 0.340 e. The molecule has 0 aliphatic rings. The Kier molecular flexibility index (Phi) is 5.61. The second-order valence-electron chi connectivity index (χ2n) is 7.42. The van der Waals surface area contributed by atoms with Crippen LogP contribution in [0.4, 0.5) is 4.39 Å². The number of rotatable bonds is 6. The first-order valence-electron chi connectivity index (χ1n) is 9.89. The standard InChI is InChI=1S/C24H22FNO5/c1-13-17-10-19-20(15-4-6-16(25)7-5-15)12-30-22(19)14(2)23(17)31-24(28)18(13)11-21(27)26-8-9-29-3/h4-7,10,12H,8-9,11H2,1-3H3,(H,26,27). The number of methoxy groups -OCH3 is 1. The van der Waals surface area contributed by atoms with Gasteiger partial charge >= 0.3 is 5.63 Å². The molecule has 2 aromatic carbocycles. The fourth-order valence-electron chi connectivity index (χ4n) is 3.77. The van der Waals surface area contributed by atoms with Crippen molar-refractivity contribution < 1.29 is 22.8 Å². The number of amides is 1. The minimum atomic E-state index is -0.542. The van der Waals surface area contributed by atoms with E-state index in [9.17, 15) is 14.0 Å². The number of ether oxygens (including phenoxy) is 1. The van der Waals surface area contributed by atoms with Gasteiger partial charge in [0.1, 0.15) is 17.0 Å². The van der Waals surface area contributed by atoms with Crippen molar-refractivity contribution in [3.63, 3.8) is 0 Å². The van der Waals surface area contributed by atoms with Gasteiger partial charge in [0.15, 0.2) is 0 Å². The lowest BCUT2D eigenvalue weighted by atomic mass is 9.97. The highest BCUT2D eigenvalue weighted by Gasteiger charge is 2.20. The summed E-state index contributed by atoms with van der Waals surface area (Å²) in [5.74, 6) is -0.593. The molecule has 7 heteroatoms. The number of nitrogens with one attached hydrogen (secondary N) is 1. The molecule has 0 bridgehead atoms. The number of fused-ring (bicyclic) bond motifs is 2. The van der Waals surface area contributed by atoms with Gasteiger partial charge in [0.25, 0.3) is 0 Å². The molecule has 0 saturated heterocycles. The number of carbonyl (C=O) groups is 1. The molecule has 0 aliphatic heterocycles. The van der Waals surface area contributed by atoms with Gasteiger partial charge in [-0.15, -0.1) is 0 Å². The zero-order valence-electron chi connectivity index (χ0n) is 17.5. The van der Waals surface area contributed by atoms with E-state index >= 15 is 0 Å². The van der Waals surface area contributed by atoms with Crippen LogP contribution in [0.15, 0.2) is 50.2 Å². The minimum absolute atomic E-state index is 0.0822. The van der Waals surface area contributed by atoms with Gasteiger partial charge in [-0.2, -0.15) is 0 Å². The van der Waals surface area contributed by atoms with Crippen LogP contribution in [0.25, 0.3) is 33.1 Å². The van der Waals surface area contributed by atoms with Crippen LogP contribution in [0.5, 0.6) is 0 Å². The summed E-state index contributed by atoms with van der Waals surface area (Å²) in [7, 11) is 1.55. The average Bonchev–Trinajstić information content (AvgIpc) is 3.17. The number of furan rings is 1. The van der Waals surface area contributed by atoms with Gasteiger partial charge in [-0.1, -0.05) is 12.1 Å². The summed E-state index contributed by atoms with van der Waals surface area (Å²) in [6, 6.07) is 8.06. The minimum Gasteiger partial charge on any atom is -0.463 e. The Morgan fingerprint density at radius 3 is 2.55 bits per heavy atom. The fourth-order valence-corrected chi connectivity index (χ4v) is 3.77. The van der Waals surface area contributed by atoms with Crippen LogP contribution in [0.3, 0.4) is 0 Å². The molecule has 1 amide bonds. The molecular weight excluding hydrogens is 401 g/mol. The van der Waals surface area contributed by atoms with Crippen molar-refractivity contribution in [3.8, 4) is 11.1 Å². The van der Waals surface area contributed by atoms with Gasteiger partial charge in [-0.3, -0.25) is 4.79 Å². The van der Waals surface area contributed by atoms with Crippen LogP contribution < -0.4 is 10.9 Å². The van der Waals surface area contributed by atoms with E-state index in [-0.39, 0.29) is 18.1 Å². The molecule has 1 N–H and O–H groups in total. The molecule has 4 aromatic rings. The number of hydrogen-bond acceptors (Lipinski definition) is 5. The highest BCUT2D eigenvalue weighted by atomic mass is 19.1. The van der Waals surface area contributed by atoms with Crippen LogP contribution >= 0.6 is 0 Å². The summed E-state index contributed by atoms with van der Waals surface area (Å²) in [4.78, 5) is 24.9. The molecule has 0 unspecified atom stereocenters. The Labute approximate surface area is 177 Å². The molecule has 0 saturated carbocycles. The predicted octanol–water partition coefficient (Wildman–Crippen LogP) is 4.27. The van der Waals surface area contributed by atoms with Crippen molar-refractivity contribution in [3.05, 3.63) is 69.5 Å². The third-order valence-electron chi connectivity index (χ3n) is 5.46. The van der Waals surface area contributed by atoms with Crippen LogP contribution in [-0.2, 0) is 16.0 Å². The van der Waals surface area contributed by atoms with E-state index in [1.165, 1.54) is 12.1 Å². The molecule has 0 fully saturated rings. The molecule has 2 heterocycles. The summed E-state index contributed by atoms with van der Waals surface area (Å²) in [5, 5.41) is 4.27. The molecule has 0 spiro atoms. The van der Waals surface area contributed by atoms with E-state index in [2.05, 4.69) is 5.32 Å². The molecule has 0 atom stereocenters. The lowest BCUT2D eigenvalue weighted by Gasteiger charge is -2.10. The van der Waals surface area contributed by atoms with Crippen LogP contribution in [0.1, 0.15) is 16.7 Å². The van der Waals surface area contributed by atoms with Gasteiger partial charge in [-0.05, 0) is 43.2 Å². The fraction of sp³-hybridized carbons (Fsp3) is 0.250. The Morgan fingerprint density at radius 2 is 1.84 bits per heavy atom. The number of halogens is 1. The zero-order chi connectivity index (χ0) is 22.1. The summed E-state index contributed by atoms with van der Waals surface area (Å²) >= 11 is 0. The van der Waals surface area contributed by atoms with E-state index in [1.54, 1.807) is 32.4 Å². The molecule has 160 valence electrons. The summed E-state index contributed by atoms with van der Waals surface area (Å²) < 4.78 is 29.6.